The zero-order valence-electron chi connectivity index (χ0n) is 8.59. The molecule has 0 aromatic rings. The van der Waals surface area contributed by atoms with Crippen LogP contribution in [0.15, 0.2) is 0 Å². The second kappa shape index (κ2) is 3.23. The summed E-state index contributed by atoms with van der Waals surface area (Å²) in [6.45, 7) is 0.555. The van der Waals surface area contributed by atoms with Crippen LogP contribution in [-0.4, -0.2) is 17.6 Å². The number of hydrogen-bond donors (Lipinski definition) is 2. The highest BCUT2D eigenvalue weighted by Gasteiger charge is 2.57. The first-order valence-electron chi connectivity index (χ1n) is 5.56. The zero-order valence-corrected chi connectivity index (χ0v) is 8.59. The van der Waals surface area contributed by atoms with Crippen molar-refractivity contribution in [2.24, 2.45) is 16.6 Å². The van der Waals surface area contributed by atoms with Crippen molar-refractivity contribution in [2.75, 3.05) is 6.54 Å². The molecular formula is C11H19NO2. The summed E-state index contributed by atoms with van der Waals surface area (Å²) in [5.41, 5.74) is 6.07. The average Bonchev–Trinajstić information content (AvgIpc) is 2.42. The van der Waals surface area contributed by atoms with E-state index in [1.807, 2.05) is 0 Å². The van der Waals surface area contributed by atoms with Gasteiger partial charge in [-0.1, -0.05) is 12.8 Å². The van der Waals surface area contributed by atoms with Crippen molar-refractivity contribution < 1.29 is 9.90 Å². The monoisotopic (exact) mass is 197 g/mol. The summed E-state index contributed by atoms with van der Waals surface area (Å²) in [7, 11) is 0. The van der Waals surface area contributed by atoms with E-state index < -0.39 is 5.97 Å². The molecule has 0 amide bonds. The average molecular weight is 197 g/mol. The lowest BCUT2D eigenvalue weighted by atomic mass is 9.53. The van der Waals surface area contributed by atoms with Gasteiger partial charge in [0.1, 0.15) is 0 Å². The van der Waals surface area contributed by atoms with Gasteiger partial charge in [0.15, 0.2) is 0 Å². The van der Waals surface area contributed by atoms with Crippen LogP contribution in [0.5, 0.6) is 0 Å². The molecule has 2 aliphatic carbocycles. The van der Waals surface area contributed by atoms with Crippen molar-refractivity contribution in [3.63, 3.8) is 0 Å². The number of carboxylic acids is 1. The Labute approximate surface area is 84.7 Å². The van der Waals surface area contributed by atoms with E-state index in [2.05, 4.69) is 0 Å². The third-order valence-corrected chi connectivity index (χ3v) is 4.63. The third-order valence-electron chi connectivity index (χ3n) is 4.63. The van der Waals surface area contributed by atoms with E-state index in [0.29, 0.717) is 12.0 Å². The highest BCUT2D eigenvalue weighted by atomic mass is 16.4. The van der Waals surface area contributed by atoms with Crippen LogP contribution in [0.2, 0.25) is 0 Å². The lowest BCUT2D eigenvalue weighted by Crippen LogP contribution is -2.48. The van der Waals surface area contributed by atoms with Gasteiger partial charge in [0.2, 0.25) is 0 Å². The van der Waals surface area contributed by atoms with E-state index in [4.69, 9.17) is 10.8 Å². The topological polar surface area (TPSA) is 63.3 Å². The first kappa shape index (κ1) is 9.97. The van der Waals surface area contributed by atoms with Crippen molar-refractivity contribution in [2.45, 2.75) is 44.9 Å². The van der Waals surface area contributed by atoms with Gasteiger partial charge in [-0.15, -0.1) is 0 Å². The van der Waals surface area contributed by atoms with Crippen LogP contribution in [0.25, 0.3) is 0 Å². The fourth-order valence-electron chi connectivity index (χ4n) is 3.64. The van der Waals surface area contributed by atoms with Crippen molar-refractivity contribution in [1.29, 1.82) is 0 Å². The molecule has 14 heavy (non-hydrogen) atoms. The molecule has 2 rings (SSSR count). The molecule has 0 bridgehead atoms. The molecule has 1 atom stereocenters. The lowest BCUT2D eigenvalue weighted by Gasteiger charge is -2.51. The van der Waals surface area contributed by atoms with E-state index in [9.17, 15) is 4.79 Å². The predicted molar refractivity (Wildman–Crippen MR) is 53.9 cm³/mol. The summed E-state index contributed by atoms with van der Waals surface area (Å²) in [5, 5.41) is 8.97. The molecule has 2 fully saturated rings. The summed E-state index contributed by atoms with van der Waals surface area (Å²) in [6, 6.07) is 0. The first-order chi connectivity index (χ1) is 6.64. The number of hydrogen-bond acceptors (Lipinski definition) is 2. The van der Waals surface area contributed by atoms with Gasteiger partial charge >= 0.3 is 5.97 Å². The Morgan fingerprint density at radius 3 is 2.21 bits per heavy atom. The molecular weight excluding hydrogens is 178 g/mol. The molecule has 0 radical (unpaired) electrons. The fourth-order valence-corrected chi connectivity index (χ4v) is 3.64. The molecule has 3 heteroatoms. The van der Waals surface area contributed by atoms with Gasteiger partial charge in [-0.2, -0.15) is 0 Å². The molecule has 0 heterocycles. The first-order valence-corrected chi connectivity index (χ1v) is 5.56. The minimum atomic E-state index is -0.677. The minimum Gasteiger partial charge on any atom is -0.481 e. The second-order valence-corrected chi connectivity index (χ2v) is 5.04. The Morgan fingerprint density at radius 1 is 1.21 bits per heavy atom. The van der Waals surface area contributed by atoms with Crippen LogP contribution in [0.4, 0.5) is 0 Å². The number of nitrogens with two attached hydrogens (primary N) is 1. The van der Waals surface area contributed by atoms with E-state index in [1.54, 1.807) is 0 Å². The van der Waals surface area contributed by atoms with Crippen LogP contribution < -0.4 is 5.73 Å². The summed E-state index contributed by atoms with van der Waals surface area (Å²) < 4.78 is 0. The molecule has 1 unspecified atom stereocenters. The quantitative estimate of drug-likeness (QED) is 0.724. The molecule has 80 valence electrons. The molecule has 2 saturated carbocycles. The Hall–Kier alpha value is -0.570. The Kier molecular flexibility index (Phi) is 2.30. The van der Waals surface area contributed by atoms with Gasteiger partial charge in [0, 0.05) is 0 Å². The van der Waals surface area contributed by atoms with Crippen LogP contribution >= 0.6 is 0 Å². The Morgan fingerprint density at radius 2 is 1.79 bits per heavy atom. The summed E-state index contributed by atoms with van der Waals surface area (Å²) >= 11 is 0. The van der Waals surface area contributed by atoms with Gasteiger partial charge in [-0.3, -0.25) is 4.79 Å². The molecule has 0 saturated heterocycles. The van der Waals surface area contributed by atoms with Crippen LogP contribution in [0.3, 0.4) is 0 Å². The minimum absolute atomic E-state index is 0.0723. The summed E-state index contributed by atoms with van der Waals surface area (Å²) in [4.78, 5) is 10.9. The molecule has 3 nitrogen and oxygen atoms in total. The van der Waals surface area contributed by atoms with Gasteiger partial charge < -0.3 is 10.8 Å². The van der Waals surface area contributed by atoms with E-state index in [-0.39, 0.29) is 11.8 Å². The lowest BCUT2D eigenvalue weighted by molar-refractivity contribution is -0.143. The van der Waals surface area contributed by atoms with E-state index in [0.717, 1.165) is 6.42 Å². The maximum Gasteiger partial charge on any atom is 0.303 e. The molecule has 1 spiro atoms. The van der Waals surface area contributed by atoms with E-state index >= 15 is 0 Å². The maximum atomic E-state index is 10.9. The largest absolute Gasteiger partial charge is 0.481 e. The van der Waals surface area contributed by atoms with Gasteiger partial charge in [-0.25, -0.2) is 0 Å². The van der Waals surface area contributed by atoms with Crippen molar-refractivity contribution in [3.05, 3.63) is 0 Å². The second-order valence-electron chi connectivity index (χ2n) is 5.04. The van der Waals surface area contributed by atoms with Gasteiger partial charge in [0.05, 0.1) is 6.42 Å². The van der Waals surface area contributed by atoms with E-state index in [1.165, 1.54) is 32.1 Å². The Balaban J connectivity index is 2.20. The number of carboxylic acid groups (broad SMARTS) is 1. The number of carbonyl (C=O) groups is 1. The van der Waals surface area contributed by atoms with Gasteiger partial charge in [0.25, 0.3) is 0 Å². The maximum absolute atomic E-state index is 10.9. The standard InChI is InChI=1S/C11H19NO2/c12-8-11(7-9(13)14)6-2-5-10(11)3-1-4-10/h1-8,12H2,(H,13,14). The normalized spacial score (nSPS) is 34.4. The molecule has 0 aliphatic heterocycles. The smallest absolute Gasteiger partial charge is 0.303 e. The Bertz CT molecular complexity index is 248. The van der Waals surface area contributed by atoms with Gasteiger partial charge in [-0.05, 0) is 43.1 Å². The molecule has 2 aliphatic rings. The van der Waals surface area contributed by atoms with Crippen molar-refractivity contribution >= 4 is 5.97 Å². The predicted octanol–water partition coefficient (Wildman–Crippen LogP) is 1.76. The third kappa shape index (κ3) is 1.18. The molecule has 3 N–H and O–H groups in total. The highest BCUT2D eigenvalue weighted by Crippen LogP contribution is 2.64. The van der Waals surface area contributed by atoms with Crippen molar-refractivity contribution in [3.8, 4) is 0 Å². The summed E-state index contributed by atoms with van der Waals surface area (Å²) in [5.74, 6) is -0.677. The summed E-state index contributed by atoms with van der Waals surface area (Å²) in [6.07, 6.45) is 7.36. The zero-order chi connectivity index (χ0) is 10.2. The molecule has 0 aromatic heterocycles. The highest BCUT2D eigenvalue weighted by molar-refractivity contribution is 5.68. The molecule has 0 aromatic carbocycles. The SMILES string of the molecule is NCC1(CC(=O)O)CCCC12CCC2. The fraction of sp³-hybridized carbons (Fsp3) is 0.909. The van der Waals surface area contributed by atoms with Crippen LogP contribution in [0, 0.1) is 10.8 Å². The van der Waals surface area contributed by atoms with Crippen LogP contribution in [-0.2, 0) is 4.79 Å². The van der Waals surface area contributed by atoms with Crippen LogP contribution in [0.1, 0.15) is 44.9 Å². The number of rotatable bonds is 3. The number of aliphatic carboxylic acids is 1. The van der Waals surface area contributed by atoms with Crippen molar-refractivity contribution in [1.82, 2.24) is 0 Å².